The van der Waals surface area contributed by atoms with E-state index in [0.29, 0.717) is 11.8 Å². The van der Waals surface area contributed by atoms with Crippen LogP contribution in [0.1, 0.15) is 151 Å². The highest BCUT2D eigenvalue weighted by Gasteiger charge is 2.45. The molecule has 0 atom stereocenters. The van der Waals surface area contributed by atoms with Crippen molar-refractivity contribution < 1.29 is 0 Å². The van der Waals surface area contributed by atoms with Crippen LogP contribution in [0.4, 0.5) is 34.1 Å². The van der Waals surface area contributed by atoms with Crippen LogP contribution in [0.5, 0.6) is 0 Å². The molecule has 0 unspecified atom stereocenters. The molecule has 2 heterocycles. The van der Waals surface area contributed by atoms with Gasteiger partial charge in [-0.25, -0.2) is 0 Å². The van der Waals surface area contributed by atoms with Gasteiger partial charge in [-0.2, -0.15) is 0 Å². The third kappa shape index (κ3) is 5.41. The Morgan fingerprint density at radius 3 is 1.00 bits per heavy atom. The Hall–Kier alpha value is -7.16. The molecule has 2 aliphatic heterocycles. The number of hydrogen-bond donors (Lipinski definition) is 0. The number of nitrogens with zero attached hydrogens (tertiary/aromatic N) is 2. The minimum Gasteiger partial charge on any atom is -0.309 e. The average molecular weight is 933 g/mol. The first-order valence-corrected chi connectivity index (χ1v) is 26.6. The van der Waals surface area contributed by atoms with E-state index in [1.165, 1.54) is 144 Å². The van der Waals surface area contributed by atoms with Crippen LogP contribution in [0.15, 0.2) is 158 Å². The summed E-state index contributed by atoms with van der Waals surface area (Å²) in [5.74, 6) is 0.582. The normalized spacial score (nSPS) is 17.0. The second-order valence-electron chi connectivity index (χ2n) is 24.5. The van der Waals surface area contributed by atoms with Gasteiger partial charge < -0.3 is 9.80 Å². The highest BCUT2D eigenvalue weighted by molar-refractivity contribution is 6.29. The molecule has 0 amide bonds. The minimum atomic E-state index is -0.224. The first-order chi connectivity index (χ1) is 34.4. The molecule has 2 nitrogen and oxygen atoms in total. The largest absolute Gasteiger partial charge is 0.309 e. The topological polar surface area (TPSA) is 6.48 Å². The van der Waals surface area contributed by atoms with E-state index in [2.05, 4.69) is 251 Å². The molecule has 0 fully saturated rings. The maximum atomic E-state index is 2.66. The molecule has 0 N–H and O–H groups in total. The predicted octanol–water partition coefficient (Wildman–Crippen LogP) is 19.7. The summed E-state index contributed by atoms with van der Waals surface area (Å²) in [6.45, 7) is 29.0. The molecular formula is C70H64N2. The molecule has 0 bridgehead atoms. The van der Waals surface area contributed by atoms with Gasteiger partial charge in [0.05, 0.1) is 34.1 Å². The van der Waals surface area contributed by atoms with Crippen LogP contribution < -0.4 is 9.80 Å². The lowest BCUT2D eigenvalue weighted by atomic mass is 9.71. The minimum absolute atomic E-state index is 0.135. The van der Waals surface area contributed by atoms with Crippen LogP contribution in [0.2, 0.25) is 0 Å². The van der Waals surface area contributed by atoms with Crippen LogP contribution in [0, 0.1) is 0 Å². The van der Waals surface area contributed by atoms with Crippen molar-refractivity contribution in [1.29, 1.82) is 0 Å². The molecule has 0 spiro atoms. The molecule has 0 aromatic heterocycles. The van der Waals surface area contributed by atoms with E-state index < -0.39 is 0 Å². The summed E-state index contributed by atoms with van der Waals surface area (Å²) in [7, 11) is 0. The average Bonchev–Trinajstić information content (AvgIpc) is 3.73. The lowest BCUT2D eigenvalue weighted by Crippen LogP contribution is -2.31. The summed E-state index contributed by atoms with van der Waals surface area (Å²) in [6, 6.07) is 61.9. The summed E-state index contributed by atoms with van der Waals surface area (Å²) in [6.07, 6.45) is 0. The fourth-order valence-electron chi connectivity index (χ4n) is 14.6. The SMILES string of the molecule is CC(C)c1cc(N2c3ccccc3C(C)(C)c3cc4c(cc32)C(C)(C)c2ccccc2-4)c2ccc3c(C(C)C)cc(N4c5ccccc5C(C)(C)c5cc6c(cc54)C(C)(C)c4ccccc4-6)c4ccc1c2c34. The van der Waals surface area contributed by atoms with Crippen molar-refractivity contribution in [3.8, 4) is 22.3 Å². The van der Waals surface area contributed by atoms with E-state index in [0.717, 1.165) is 0 Å². The summed E-state index contributed by atoms with van der Waals surface area (Å²) in [5.41, 5.74) is 26.2. The van der Waals surface area contributed by atoms with Crippen LogP contribution in [0.3, 0.4) is 0 Å². The van der Waals surface area contributed by atoms with Crippen molar-refractivity contribution in [3.05, 3.63) is 213 Å². The summed E-state index contributed by atoms with van der Waals surface area (Å²) in [5, 5.41) is 8.01. The molecule has 72 heavy (non-hydrogen) atoms. The van der Waals surface area contributed by atoms with E-state index in [9.17, 15) is 0 Å². The fourth-order valence-corrected chi connectivity index (χ4v) is 14.6. The third-order valence-corrected chi connectivity index (χ3v) is 18.5. The van der Waals surface area contributed by atoms with Crippen LogP contribution in [-0.4, -0.2) is 0 Å². The van der Waals surface area contributed by atoms with E-state index in [4.69, 9.17) is 0 Å². The number of rotatable bonds is 4. The Morgan fingerprint density at radius 2 is 0.611 bits per heavy atom. The Kier molecular flexibility index (Phi) is 8.65. The zero-order valence-corrected chi connectivity index (χ0v) is 44.1. The Bertz CT molecular complexity index is 3740. The molecule has 354 valence electrons. The molecule has 0 saturated heterocycles. The van der Waals surface area contributed by atoms with Gasteiger partial charge in [-0.05, 0) is 160 Å². The van der Waals surface area contributed by atoms with Crippen LogP contribution in [0.25, 0.3) is 54.6 Å². The van der Waals surface area contributed by atoms with Crippen LogP contribution >= 0.6 is 0 Å². The van der Waals surface area contributed by atoms with Crippen molar-refractivity contribution in [2.45, 2.75) is 117 Å². The van der Waals surface area contributed by atoms with Gasteiger partial charge >= 0.3 is 0 Å². The first-order valence-electron chi connectivity index (χ1n) is 26.6. The standard InChI is InChI=1S/C70H64N2/c1-39(2)47-35-61(71-59-27-19-17-25-53(59)69(9,10)57-33-49-41-21-13-15-23-51(41)67(5,6)55(49)37-63(57)71)45-32-30-44-48(40(3)4)36-62(46-31-29-43(47)65(45)66(44)46)72-60-28-20-18-26-54(60)70(11,12)58-34-50-42-22-14-16-24-52(42)68(7,8)56(50)38-64(58)72/h13-40H,1-12H3. The molecule has 2 heteroatoms. The van der Waals surface area contributed by atoms with E-state index in [-0.39, 0.29) is 21.7 Å². The van der Waals surface area contributed by atoms with Gasteiger partial charge in [-0.1, -0.05) is 192 Å². The number of fused-ring (bicyclic) bond motifs is 10. The number of hydrogen-bond acceptors (Lipinski definition) is 2. The van der Waals surface area contributed by atoms with Gasteiger partial charge in [0.2, 0.25) is 0 Å². The van der Waals surface area contributed by atoms with Crippen molar-refractivity contribution in [2.24, 2.45) is 0 Å². The maximum absolute atomic E-state index is 2.66. The second-order valence-corrected chi connectivity index (χ2v) is 24.5. The Balaban J connectivity index is 1.08. The maximum Gasteiger partial charge on any atom is 0.0543 e. The fraction of sp³-hybridized carbons (Fsp3) is 0.257. The van der Waals surface area contributed by atoms with Gasteiger partial charge in [0.15, 0.2) is 0 Å². The predicted molar refractivity (Wildman–Crippen MR) is 307 cm³/mol. The first kappa shape index (κ1) is 43.6. The molecule has 4 aliphatic rings. The quantitative estimate of drug-likeness (QED) is 0.162. The van der Waals surface area contributed by atoms with Crippen molar-refractivity contribution in [1.82, 2.24) is 0 Å². The molecule has 10 aromatic carbocycles. The van der Waals surface area contributed by atoms with E-state index in [1.54, 1.807) is 0 Å². The van der Waals surface area contributed by atoms with Gasteiger partial charge in [0, 0.05) is 32.4 Å². The lowest BCUT2D eigenvalue weighted by Gasteiger charge is -2.44. The van der Waals surface area contributed by atoms with Crippen molar-refractivity contribution in [2.75, 3.05) is 9.80 Å². The summed E-state index contributed by atoms with van der Waals surface area (Å²) >= 11 is 0. The Labute approximate surface area is 426 Å². The Morgan fingerprint density at radius 1 is 0.278 bits per heavy atom. The van der Waals surface area contributed by atoms with Gasteiger partial charge in [0.25, 0.3) is 0 Å². The molecule has 0 saturated carbocycles. The van der Waals surface area contributed by atoms with Gasteiger partial charge in [-0.3, -0.25) is 0 Å². The highest BCUT2D eigenvalue weighted by Crippen LogP contribution is 2.62. The smallest absolute Gasteiger partial charge is 0.0543 e. The number of para-hydroxylation sites is 2. The summed E-state index contributed by atoms with van der Waals surface area (Å²) in [4.78, 5) is 5.33. The molecular weight excluding hydrogens is 869 g/mol. The second kappa shape index (κ2) is 14.3. The van der Waals surface area contributed by atoms with E-state index in [1.807, 2.05) is 0 Å². The van der Waals surface area contributed by atoms with Gasteiger partial charge in [-0.15, -0.1) is 0 Å². The van der Waals surface area contributed by atoms with Crippen LogP contribution in [-0.2, 0) is 21.7 Å². The molecule has 14 rings (SSSR count). The highest BCUT2D eigenvalue weighted by atomic mass is 15.2. The number of anilines is 6. The third-order valence-electron chi connectivity index (χ3n) is 18.5. The molecule has 0 radical (unpaired) electrons. The molecule has 10 aromatic rings. The monoisotopic (exact) mass is 933 g/mol. The molecule has 2 aliphatic carbocycles. The zero-order chi connectivity index (χ0) is 49.7. The van der Waals surface area contributed by atoms with E-state index >= 15 is 0 Å². The summed E-state index contributed by atoms with van der Waals surface area (Å²) < 4.78 is 0. The van der Waals surface area contributed by atoms with Crippen molar-refractivity contribution in [3.63, 3.8) is 0 Å². The van der Waals surface area contributed by atoms with Gasteiger partial charge in [0.1, 0.15) is 0 Å². The zero-order valence-electron chi connectivity index (χ0n) is 44.1. The lowest BCUT2D eigenvalue weighted by molar-refractivity contribution is 0.627. The van der Waals surface area contributed by atoms with Crippen molar-refractivity contribution >= 4 is 66.4 Å². The number of benzene rings is 10.